The highest BCUT2D eigenvalue weighted by atomic mass is 16.5. The molecule has 1 saturated heterocycles. The van der Waals surface area contributed by atoms with Crippen molar-refractivity contribution >= 4 is 17.6 Å². The molecule has 0 bridgehead atoms. The number of methoxy groups -OCH3 is 1. The van der Waals surface area contributed by atoms with E-state index in [-0.39, 0.29) is 18.9 Å². The quantitative estimate of drug-likeness (QED) is 0.750. The van der Waals surface area contributed by atoms with E-state index in [9.17, 15) is 9.59 Å². The number of aromatic nitrogens is 2. The van der Waals surface area contributed by atoms with E-state index in [1.165, 1.54) is 12.0 Å². The number of rotatable bonds is 3. The van der Waals surface area contributed by atoms with Crippen LogP contribution in [-0.2, 0) is 9.59 Å². The van der Waals surface area contributed by atoms with E-state index in [4.69, 9.17) is 10.5 Å². The molecule has 1 atom stereocenters. The van der Waals surface area contributed by atoms with Gasteiger partial charge in [0.05, 0.1) is 13.0 Å². The number of hydrogen-bond acceptors (Lipinski definition) is 5. The van der Waals surface area contributed by atoms with Gasteiger partial charge in [-0.05, 0) is 6.07 Å². The van der Waals surface area contributed by atoms with Crippen molar-refractivity contribution in [1.29, 1.82) is 0 Å². The van der Waals surface area contributed by atoms with Gasteiger partial charge in [-0.2, -0.15) is 0 Å². The Morgan fingerprint density at radius 3 is 2.76 bits per heavy atom. The second-order valence-electron chi connectivity index (χ2n) is 3.74. The zero-order valence-electron chi connectivity index (χ0n) is 9.29. The highest BCUT2D eigenvalue weighted by molar-refractivity contribution is 5.99. The van der Waals surface area contributed by atoms with Crippen LogP contribution in [0, 0.1) is 5.92 Å². The molecule has 2 heterocycles. The summed E-state index contributed by atoms with van der Waals surface area (Å²) in [6.07, 6.45) is 0.128. The maximum absolute atomic E-state index is 11.7. The van der Waals surface area contributed by atoms with Crippen LogP contribution in [0.1, 0.15) is 6.42 Å². The van der Waals surface area contributed by atoms with E-state index in [0.717, 1.165) is 0 Å². The summed E-state index contributed by atoms with van der Waals surface area (Å²) >= 11 is 0. The minimum atomic E-state index is -0.470. The molecule has 90 valence electrons. The Morgan fingerprint density at radius 1 is 1.53 bits per heavy atom. The number of nitrogens with zero attached hydrogens (tertiary/aromatic N) is 3. The molecule has 7 nitrogen and oxygen atoms in total. The smallest absolute Gasteiger partial charge is 0.233 e. The molecule has 1 aliphatic rings. The molecule has 17 heavy (non-hydrogen) atoms. The fraction of sp³-hybridized carbons (Fsp3) is 0.400. The van der Waals surface area contributed by atoms with Gasteiger partial charge in [0.15, 0.2) is 5.82 Å². The molecular formula is C10H12N4O3. The molecule has 2 N–H and O–H groups in total. The van der Waals surface area contributed by atoms with Crippen LogP contribution in [0.2, 0.25) is 0 Å². The van der Waals surface area contributed by atoms with Crippen LogP contribution in [0.5, 0.6) is 5.88 Å². The number of nitrogens with two attached hydrogens (primary N) is 1. The minimum absolute atomic E-state index is 0.128. The van der Waals surface area contributed by atoms with Crippen LogP contribution < -0.4 is 15.4 Å². The molecule has 7 heteroatoms. The second kappa shape index (κ2) is 4.36. The highest BCUT2D eigenvalue weighted by Crippen LogP contribution is 2.23. The normalized spacial score (nSPS) is 19.5. The maximum Gasteiger partial charge on any atom is 0.233 e. The highest BCUT2D eigenvalue weighted by Gasteiger charge is 2.34. The van der Waals surface area contributed by atoms with Gasteiger partial charge in [-0.15, -0.1) is 10.2 Å². The predicted molar refractivity (Wildman–Crippen MR) is 58.2 cm³/mol. The summed E-state index contributed by atoms with van der Waals surface area (Å²) in [5, 5.41) is 7.62. The third-order valence-electron chi connectivity index (χ3n) is 2.64. The summed E-state index contributed by atoms with van der Waals surface area (Å²) < 4.78 is 4.87. The molecule has 0 radical (unpaired) electrons. The van der Waals surface area contributed by atoms with Crippen molar-refractivity contribution < 1.29 is 14.3 Å². The van der Waals surface area contributed by atoms with Crippen molar-refractivity contribution in [3.8, 4) is 5.88 Å². The molecule has 2 amide bonds. The van der Waals surface area contributed by atoms with Gasteiger partial charge in [0.1, 0.15) is 0 Å². The number of ether oxygens (including phenoxy) is 1. The van der Waals surface area contributed by atoms with Gasteiger partial charge < -0.3 is 10.5 Å². The van der Waals surface area contributed by atoms with Gasteiger partial charge in [0, 0.05) is 19.0 Å². The molecule has 1 fully saturated rings. The van der Waals surface area contributed by atoms with Crippen LogP contribution in [-0.4, -0.2) is 35.7 Å². The summed E-state index contributed by atoms with van der Waals surface area (Å²) in [7, 11) is 1.48. The van der Waals surface area contributed by atoms with Crippen molar-refractivity contribution in [2.24, 2.45) is 11.7 Å². The van der Waals surface area contributed by atoms with E-state index < -0.39 is 11.8 Å². The first-order valence-corrected chi connectivity index (χ1v) is 5.09. The van der Waals surface area contributed by atoms with Crippen molar-refractivity contribution in [3.05, 3.63) is 12.1 Å². The van der Waals surface area contributed by atoms with Gasteiger partial charge in [0.25, 0.3) is 0 Å². The monoisotopic (exact) mass is 236 g/mol. The van der Waals surface area contributed by atoms with Gasteiger partial charge in [0.2, 0.25) is 17.7 Å². The first-order valence-electron chi connectivity index (χ1n) is 5.09. The van der Waals surface area contributed by atoms with Gasteiger partial charge in [-0.25, -0.2) is 0 Å². The number of hydrogen-bond donors (Lipinski definition) is 1. The Bertz CT molecular complexity index is 445. The third-order valence-corrected chi connectivity index (χ3v) is 2.64. The molecular weight excluding hydrogens is 224 g/mol. The second-order valence-corrected chi connectivity index (χ2v) is 3.74. The molecule has 0 aromatic carbocycles. The Kier molecular flexibility index (Phi) is 2.90. The Balaban J connectivity index is 2.17. The first-order chi connectivity index (χ1) is 8.11. The average Bonchev–Trinajstić information content (AvgIpc) is 2.72. The van der Waals surface area contributed by atoms with Crippen molar-refractivity contribution in [1.82, 2.24) is 10.2 Å². The molecule has 1 aliphatic heterocycles. The first kappa shape index (κ1) is 11.3. The average molecular weight is 236 g/mol. The predicted octanol–water partition coefficient (Wildman–Crippen LogP) is -0.677. The molecule has 2 rings (SSSR count). The zero-order valence-corrected chi connectivity index (χ0v) is 9.29. The number of carbonyl (C=O) groups is 2. The number of amides is 2. The fourth-order valence-corrected chi connectivity index (χ4v) is 1.69. The standard InChI is InChI=1S/C10H12N4O3/c1-17-8-3-2-7(12-13-8)14-5-6(10(11)16)4-9(14)15/h2-3,6H,4-5H2,1H3,(H2,11,16). The lowest BCUT2D eigenvalue weighted by molar-refractivity contribution is -0.123. The topological polar surface area (TPSA) is 98.4 Å². The summed E-state index contributed by atoms with van der Waals surface area (Å²) in [5.74, 6) is -0.326. The molecule has 0 saturated carbocycles. The summed E-state index contributed by atoms with van der Waals surface area (Å²) in [4.78, 5) is 24.1. The summed E-state index contributed by atoms with van der Waals surface area (Å²) in [5.41, 5.74) is 5.17. The molecule has 1 aromatic rings. The lowest BCUT2D eigenvalue weighted by Gasteiger charge is -2.14. The van der Waals surface area contributed by atoms with E-state index in [0.29, 0.717) is 11.7 Å². The van der Waals surface area contributed by atoms with Crippen LogP contribution in [0.3, 0.4) is 0 Å². The Labute approximate surface area is 97.6 Å². The summed E-state index contributed by atoms with van der Waals surface area (Å²) in [6.45, 7) is 0.259. The van der Waals surface area contributed by atoms with E-state index in [1.54, 1.807) is 12.1 Å². The van der Waals surface area contributed by atoms with Crippen LogP contribution in [0.25, 0.3) is 0 Å². The van der Waals surface area contributed by atoms with Gasteiger partial charge in [-0.3, -0.25) is 14.5 Å². The minimum Gasteiger partial charge on any atom is -0.480 e. The third kappa shape index (κ3) is 2.17. The molecule has 1 unspecified atom stereocenters. The van der Waals surface area contributed by atoms with Gasteiger partial charge >= 0.3 is 0 Å². The Morgan fingerprint density at radius 2 is 2.29 bits per heavy atom. The maximum atomic E-state index is 11.7. The van der Waals surface area contributed by atoms with Crippen molar-refractivity contribution in [2.45, 2.75) is 6.42 Å². The van der Waals surface area contributed by atoms with Crippen LogP contribution >= 0.6 is 0 Å². The van der Waals surface area contributed by atoms with Gasteiger partial charge in [-0.1, -0.05) is 0 Å². The Hall–Kier alpha value is -2.18. The van der Waals surface area contributed by atoms with Crippen LogP contribution in [0.15, 0.2) is 12.1 Å². The van der Waals surface area contributed by atoms with E-state index in [2.05, 4.69) is 10.2 Å². The largest absolute Gasteiger partial charge is 0.480 e. The van der Waals surface area contributed by atoms with E-state index >= 15 is 0 Å². The number of carbonyl (C=O) groups excluding carboxylic acids is 2. The van der Waals surface area contributed by atoms with Crippen molar-refractivity contribution in [3.63, 3.8) is 0 Å². The SMILES string of the molecule is COc1ccc(N2CC(C(N)=O)CC2=O)nn1. The molecule has 0 spiro atoms. The fourth-order valence-electron chi connectivity index (χ4n) is 1.69. The van der Waals surface area contributed by atoms with Crippen molar-refractivity contribution in [2.75, 3.05) is 18.6 Å². The van der Waals surface area contributed by atoms with Crippen LogP contribution in [0.4, 0.5) is 5.82 Å². The molecule has 1 aromatic heterocycles. The summed E-state index contributed by atoms with van der Waals surface area (Å²) in [6, 6.07) is 3.22. The zero-order chi connectivity index (χ0) is 12.4. The lowest BCUT2D eigenvalue weighted by Crippen LogP contribution is -2.29. The number of primary amides is 1. The number of anilines is 1. The lowest BCUT2D eigenvalue weighted by atomic mass is 10.1. The molecule has 0 aliphatic carbocycles. The van der Waals surface area contributed by atoms with E-state index in [1.807, 2.05) is 0 Å².